The van der Waals surface area contributed by atoms with Gasteiger partial charge in [-0.15, -0.1) is 0 Å². The number of pyridine rings is 1. The van der Waals surface area contributed by atoms with Crippen molar-refractivity contribution in [2.45, 2.75) is 72.5 Å². The molecule has 0 amide bonds. The van der Waals surface area contributed by atoms with Gasteiger partial charge in [0, 0.05) is 36.3 Å². The second-order valence-electron chi connectivity index (χ2n) is 13.9. The zero-order valence-electron chi connectivity index (χ0n) is 28.3. The minimum Gasteiger partial charge on any atom is -0.490 e. The van der Waals surface area contributed by atoms with Gasteiger partial charge in [-0.1, -0.05) is 32.0 Å². The summed E-state index contributed by atoms with van der Waals surface area (Å²) in [5.74, 6) is -1.58. The van der Waals surface area contributed by atoms with E-state index in [9.17, 15) is 14.3 Å². The molecule has 0 saturated carbocycles. The summed E-state index contributed by atoms with van der Waals surface area (Å²) in [4.78, 5) is 20.0. The van der Waals surface area contributed by atoms with Crippen LogP contribution in [0.4, 0.5) is 26.0 Å². The Morgan fingerprint density at radius 3 is 2.38 bits per heavy atom. The summed E-state index contributed by atoms with van der Waals surface area (Å²) in [5, 5.41) is 21.7. The van der Waals surface area contributed by atoms with E-state index in [0.717, 1.165) is 18.4 Å². The summed E-state index contributed by atoms with van der Waals surface area (Å²) < 4.78 is 41.2. The highest BCUT2D eigenvalue weighted by atomic mass is 19.1. The predicted molar refractivity (Wildman–Crippen MR) is 182 cm³/mol. The molecule has 0 spiro atoms. The van der Waals surface area contributed by atoms with Crippen molar-refractivity contribution in [2.24, 2.45) is 5.41 Å². The van der Waals surface area contributed by atoms with Crippen LogP contribution in [-0.2, 0) is 16.0 Å². The molecule has 2 aromatic heterocycles. The van der Waals surface area contributed by atoms with Crippen LogP contribution in [0.25, 0.3) is 11.1 Å². The van der Waals surface area contributed by atoms with Crippen LogP contribution in [0.1, 0.15) is 70.4 Å². The number of piperidine rings is 1. The number of carbonyl (C=O) groups is 1. The summed E-state index contributed by atoms with van der Waals surface area (Å²) in [6, 6.07) is 12.5. The lowest BCUT2D eigenvalue weighted by atomic mass is 9.82. The van der Waals surface area contributed by atoms with Crippen LogP contribution < -0.4 is 15.0 Å². The largest absolute Gasteiger partial charge is 0.490 e. The minimum absolute atomic E-state index is 0.0646. The number of ether oxygens (including phenoxy) is 2. The topological polar surface area (TPSA) is 110 Å². The quantitative estimate of drug-likeness (QED) is 0.165. The van der Waals surface area contributed by atoms with Crippen LogP contribution in [0.3, 0.4) is 0 Å². The monoisotopic (exact) mass is 659 g/mol. The molecule has 254 valence electrons. The standard InChI is InChI=1S/C37H43F2N5O4/c1-23-30(33(35(45)46)48-36(2,3)4)32(44-18-15-37(5,6)16-19-44)31(34(42-23)43-27-13-17-40-41-22-27)25-9-12-29(28(39)21-25)47-20-14-24-7-10-26(38)11-8-24/h7-13,17,21-22,33H,14-16,18-20H2,1-6H3,(H,45,46)(H,40,42,43). The zero-order chi connectivity index (χ0) is 34.6. The number of aromatic nitrogens is 3. The second kappa shape index (κ2) is 14.2. The van der Waals surface area contributed by atoms with Gasteiger partial charge in [0.1, 0.15) is 11.6 Å². The van der Waals surface area contributed by atoms with Crippen molar-refractivity contribution < 1.29 is 28.2 Å². The number of anilines is 3. The molecule has 4 aromatic rings. The first-order valence-electron chi connectivity index (χ1n) is 16.1. The summed E-state index contributed by atoms with van der Waals surface area (Å²) >= 11 is 0. The molecule has 2 N–H and O–H groups in total. The highest BCUT2D eigenvalue weighted by Crippen LogP contribution is 2.47. The number of carboxylic acid groups (broad SMARTS) is 1. The Morgan fingerprint density at radius 2 is 1.77 bits per heavy atom. The number of nitrogens with zero attached hydrogens (tertiary/aromatic N) is 4. The van der Waals surface area contributed by atoms with E-state index in [-0.39, 0.29) is 23.6 Å². The van der Waals surface area contributed by atoms with Crippen LogP contribution >= 0.6 is 0 Å². The normalized spacial score (nSPS) is 15.2. The molecule has 1 aliphatic heterocycles. The van der Waals surface area contributed by atoms with Crippen LogP contribution in [0.5, 0.6) is 5.75 Å². The Labute approximate surface area is 280 Å². The molecule has 0 bridgehead atoms. The highest BCUT2D eigenvalue weighted by molar-refractivity contribution is 5.93. The first-order valence-corrected chi connectivity index (χ1v) is 16.1. The van der Waals surface area contributed by atoms with E-state index in [4.69, 9.17) is 14.5 Å². The van der Waals surface area contributed by atoms with Gasteiger partial charge in [0.2, 0.25) is 0 Å². The van der Waals surface area contributed by atoms with Crippen LogP contribution in [0, 0.1) is 24.0 Å². The van der Waals surface area contributed by atoms with Crippen molar-refractivity contribution in [3.8, 4) is 16.9 Å². The van der Waals surface area contributed by atoms with Crippen LogP contribution in [0.2, 0.25) is 0 Å². The number of benzene rings is 2. The summed E-state index contributed by atoms with van der Waals surface area (Å²) in [7, 11) is 0. The average Bonchev–Trinajstić information content (AvgIpc) is 3.02. The third-order valence-electron chi connectivity index (χ3n) is 8.42. The van der Waals surface area contributed by atoms with Gasteiger partial charge in [0.15, 0.2) is 17.7 Å². The number of halogens is 2. The summed E-state index contributed by atoms with van der Waals surface area (Å²) in [6.45, 7) is 13.2. The van der Waals surface area contributed by atoms with Gasteiger partial charge in [0.25, 0.3) is 0 Å². The number of aryl methyl sites for hydroxylation is 1. The van der Waals surface area contributed by atoms with E-state index in [1.54, 1.807) is 49.6 Å². The van der Waals surface area contributed by atoms with Crippen molar-refractivity contribution in [3.63, 3.8) is 0 Å². The Bertz CT molecular complexity index is 1730. The van der Waals surface area contributed by atoms with E-state index >= 15 is 4.39 Å². The number of rotatable bonds is 11. The number of aliphatic carboxylic acids is 1. The van der Waals surface area contributed by atoms with E-state index in [1.807, 2.05) is 20.8 Å². The molecule has 9 nitrogen and oxygen atoms in total. The molecule has 3 heterocycles. The van der Waals surface area contributed by atoms with Crippen LogP contribution in [0.15, 0.2) is 60.9 Å². The van der Waals surface area contributed by atoms with Crippen LogP contribution in [-0.4, -0.2) is 51.6 Å². The lowest BCUT2D eigenvalue weighted by molar-refractivity contribution is -0.160. The molecule has 2 aromatic carbocycles. The molecule has 48 heavy (non-hydrogen) atoms. The third-order valence-corrected chi connectivity index (χ3v) is 8.42. The molecule has 1 atom stereocenters. The fourth-order valence-electron chi connectivity index (χ4n) is 5.83. The molecule has 1 fully saturated rings. The Kier molecular flexibility index (Phi) is 10.3. The van der Waals surface area contributed by atoms with Gasteiger partial charge in [-0.25, -0.2) is 18.6 Å². The van der Waals surface area contributed by atoms with Gasteiger partial charge >= 0.3 is 5.97 Å². The van der Waals surface area contributed by atoms with E-state index in [0.29, 0.717) is 59.1 Å². The molecule has 11 heteroatoms. The van der Waals surface area contributed by atoms with Crippen molar-refractivity contribution in [1.82, 2.24) is 15.2 Å². The lowest BCUT2D eigenvalue weighted by Crippen LogP contribution is -2.39. The SMILES string of the molecule is Cc1nc(Nc2ccnnc2)c(-c2ccc(OCCc3ccc(F)cc3)c(F)c2)c(N2CCC(C)(C)CC2)c1C(OC(C)(C)C)C(=O)O. The Balaban J connectivity index is 1.65. The maximum atomic E-state index is 15.9. The fourth-order valence-corrected chi connectivity index (χ4v) is 5.83. The zero-order valence-corrected chi connectivity index (χ0v) is 28.3. The molecule has 0 aliphatic carbocycles. The van der Waals surface area contributed by atoms with E-state index in [1.165, 1.54) is 18.2 Å². The Morgan fingerprint density at radius 1 is 1.06 bits per heavy atom. The number of hydrogen-bond acceptors (Lipinski definition) is 8. The van der Waals surface area contributed by atoms with E-state index in [2.05, 4.69) is 34.3 Å². The smallest absolute Gasteiger partial charge is 0.337 e. The summed E-state index contributed by atoms with van der Waals surface area (Å²) in [5.41, 5.74) is 3.34. The number of hydrogen-bond donors (Lipinski definition) is 2. The van der Waals surface area contributed by atoms with Crippen molar-refractivity contribution in [2.75, 3.05) is 29.9 Å². The molecule has 1 aliphatic rings. The predicted octanol–water partition coefficient (Wildman–Crippen LogP) is 8.06. The maximum absolute atomic E-state index is 15.9. The average molecular weight is 660 g/mol. The summed E-state index contributed by atoms with van der Waals surface area (Å²) in [6.07, 6.45) is 3.98. The van der Waals surface area contributed by atoms with Crippen molar-refractivity contribution in [3.05, 3.63) is 89.4 Å². The highest BCUT2D eigenvalue weighted by Gasteiger charge is 2.37. The molecular weight excluding hydrogens is 616 g/mol. The second-order valence-corrected chi connectivity index (χ2v) is 13.9. The van der Waals surface area contributed by atoms with Gasteiger partial charge in [-0.3, -0.25) is 0 Å². The van der Waals surface area contributed by atoms with Gasteiger partial charge in [0.05, 0.1) is 36.0 Å². The van der Waals surface area contributed by atoms with Gasteiger partial charge in [-0.2, -0.15) is 10.2 Å². The van der Waals surface area contributed by atoms with Gasteiger partial charge in [-0.05, 0) is 87.4 Å². The Hall–Kier alpha value is -4.64. The molecule has 1 unspecified atom stereocenters. The fraction of sp³-hybridized carbons (Fsp3) is 0.405. The number of nitrogens with one attached hydrogen (secondary N) is 1. The number of carboxylic acids is 1. The minimum atomic E-state index is -1.34. The molecule has 0 radical (unpaired) electrons. The molecular formula is C37H43F2N5O4. The van der Waals surface area contributed by atoms with Gasteiger partial charge < -0.3 is 24.8 Å². The first kappa shape index (κ1) is 34.7. The van der Waals surface area contributed by atoms with Crippen molar-refractivity contribution >= 4 is 23.2 Å². The lowest BCUT2D eigenvalue weighted by Gasteiger charge is -2.41. The van der Waals surface area contributed by atoms with E-state index < -0.39 is 23.5 Å². The first-order chi connectivity index (χ1) is 22.7. The maximum Gasteiger partial charge on any atom is 0.337 e. The van der Waals surface area contributed by atoms with Crippen molar-refractivity contribution in [1.29, 1.82) is 0 Å². The third kappa shape index (κ3) is 8.44. The molecule has 1 saturated heterocycles. The molecule has 5 rings (SSSR count).